The van der Waals surface area contributed by atoms with Gasteiger partial charge in [-0.15, -0.1) is 0 Å². The number of aromatic hydroxyl groups is 2. The van der Waals surface area contributed by atoms with Gasteiger partial charge in [0.2, 0.25) is 0 Å². The number of aromatic nitrogens is 4. The van der Waals surface area contributed by atoms with Crippen LogP contribution in [0.25, 0.3) is 22.6 Å². The van der Waals surface area contributed by atoms with Crippen LogP contribution in [-0.4, -0.2) is 43.9 Å². The Morgan fingerprint density at radius 1 is 1.00 bits per heavy atom. The van der Waals surface area contributed by atoms with Crippen molar-refractivity contribution in [3.8, 4) is 34.8 Å². The summed E-state index contributed by atoms with van der Waals surface area (Å²) in [6.45, 7) is 1.71. The van der Waals surface area contributed by atoms with E-state index in [0.717, 1.165) is 5.52 Å². The highest BCUT2D eigenvalue weighted by Crippen LogP contribution is 2.33. The fourth-order valence-corrected chi connectivity index (χ4v) is 4.60. The van der Waals surface area contributed by atoms with Crippen LogP contribution in [0.1, 0.15) is 12.5 Å². The number of hydrogen-bond acceptors (Lipinski definition) is 7. The normalized spacial score (nSPS) is 11.7. The Morgan fingerprint density at radius 2 is 1.74 bits per heavy atom. The Kier molecular flexibility index (Phi) is 5.65. The molecule has 0 radical (unpaired) electrons. The first-order chi connectivity index (χ1) is 16.8. The minimum Gasteiger partial charge on any atom is -0.494 e. The fourth-order valence-electron chi connectivity index (χ4n) is 3.71. The summed E-state index contributed by atoms with van der Waals surface area (Å²) in [7, 11) is -3.33. The Balaban J connectivity index is 1.57. The number of imidazole rings is 1. The summed E-state index contributed by atoms with van der Waals surface area (Å²) in [6, 6.07) is 18.1. The van der Waals surface area contributed by atoms with Gasteiger partial charge in [0, 0.05) is 30.0 Å². The number of nitrogens with one attached hydrogen (secondary N) is 1. The molecular formula is C25H22N4O5S. The van der Waals surface area contributed by atoms with E-state index >= 15 is 0 Å². The number of H-pyrrole nitrogens is 1. The zero-order valence-corrected chi connectivity index (χ0v) is 19.5. The van der Waals surface area contributed by atoms with E-state index in [1.54, 1.807) is 31.3 Å². The van der Waals surface area contributed by atoms with E-state index in [1.165, 1.54) is 28.8 Å². The Bertz CT molecular complexity index is 1590. The van der Waals surface area contributed by atoms with Gasteiger partial charge in [0.05, 0.1) is 28.2 Å². The maximum absolute atomic E-state index is 12.1. The highest BCUT2D eigenvalue weighted by atomic mass is 32.2. The van der Waals surface area contributed by atoms with Crippen LogP contribution in [0.2, 0.25) is 0 Å². The van der Waals surface area contributed by atoms with E-state index in [4.69, 9.17) is 4.74 Å². The van der Waals surface area contributed by atoms with Crippen LogP contribution in [0.4, 0.5) is 0 Å². The maximum Gasteiger partial charge on any atom is 0.194 e. The van der Waals surface area contributed by atoms with Gasteiger partial charge in [0.1, 0.15) is 17.2 Å². The van der Waals surface area contributed by atoms with Crippen LogP contribution in [0.5, 0.6) is 23.3 Å². The molecule has 0 fully saturated rings. The minimum absolute atomic E-state index is 0.00956. The summed E-state index contributed by atoms with van der Waals surface area (Å²) in [4.78, 5) is 12.4. The molecule has 0 aliphatic rings. The fraction of sp³-hybridized carbons (Fsp3) is 0.120. The molecule has 0 saturated carbocycles. The van der Waals surface area contributed by atoms with E-state index in [2.05, 4.69) is 15.0 Å². The third-order valence-corrected chi connectivity index (χ3v) is 7.38. The number of aromatic amines is 1. The third kappa shape index (κ3) is 4.43. The second-order valence-electron chi connectivity index (χ2n) is 7.89. The monoisotopic (exact) mass is 490 g/mol. The molecule has 0 amide bonds. The number of sulfone groups is 1. The van der Waals surface area contributed by atoms with E-state index < -0.39 is 9.84 Å². The largest absolute Gasteiger partial charge is 0.494 e. The van der Waals surface area contributed by atoms with Crippen LogP contribution in [0.15, 0.2) is 77.8 Å². The van der Waals surface area contributed by atoms with Crippen molar-refractivity contribution in [2.24, 2.45) is 0 Å². The topological polar surface area (TPSA) is 130 Å². The van der Waals surface area contributed by atoms with Crippen LogP contribution in [-0.2, 0) is 16.4 Å². The summed E-state index contributed by atoms with van der Waals surface area (Å²) in [5, 5.41) is 20.3. The zero-order chi connectivity index (χ0) is 24.6. The van der Waals surface area contributed by atoms with Gasteiger partial charge < -0.3 is 19.9 Å². The molecule has 0 atom stereocenters. The molecular weight excluding hydrogens is 468 g/mol. The second kappa shape index (κ2) is 8.80. The van der Waals surface area contributed by atoms with Crippen molar-refractivity contribution in [1.82, 2.24) is 19.5 Å². The third-order valence-electron chi connectivity index (χ3n) is 5.63. The van der Waals surface area contributed by atoms with Crippen molar-refractivity contribution >= 4 is 20.9 Å². The van der Waals surface area contributed by atoms with Crippen LogP contribution < -0.4 is 4.74 Å². The van der Waals surface area contributed by atoms with Crippen molar-refractivity contribution in [3.63, 3.8) is 0 Å². The molecule has 0 aliphatic carbocycles. The summed E-state index contributed by atoms with van der Waals surface area (Å²) >= 11 is 0. The molecule has 5 aromatic rings. The zero-order valence-electron chi connectivity index (χ0n) is 18.7. The summed E-state index contributed by atoms with van der Waals surface area (Å²) in [5.74, 6) is 1.28. The summed E-state index contributed by atoms with van der Waals surface area (Å²) in [6.07, 6.45) is 1.68. The van der Waals surface area contributed by atoms with Gasteiger partial charge in [0.25, 0.3) is 0 Å². The second-order valence-corrected chi connectivity index (χ2v) is 10.2. The first-order valence-electron chi connectivity index (χ1n) is 10.9. The molecule has 3 N–H and O–H groups in total. The molecule has 0 saturated heterocycles. The average molecular weight is 491 g/mol. The highest BCUT2D eigenvalue weighted by Gasteiger charge is 2.16. The molecule has 0 aliphatic heterocycles. The molecule has 9 nitrogen and oxygen atoms in total. The van der Waals surface area contributed by atoms with E-state index in [1.807, 2.05) is 24.3 Å². The Hall–Kier alpha value is -4.31. The standard InChI is InChI=1S/C25H22N4O5S/c1-2-35(32,33)18-8-6-17(7-9-18)34-22-14-21-20(27-25(28-21)19-5-3-4-12-26-19)13-16(22)15-29-23(30)10-11-24(29)31/h3-14,30-31H,2,15H2,1H3,(H,27,28). The molecule has 178 valence electrons. The van der Waals surface area contributed by atoms with Gasteiger partial charge in [0.15, 0.2) is 27.4 Å². The molecule has 10 heteroatoms. The quantitative estimate of drug-likeness (QED) is 0.307. The number of pyridine rings is 1. The molecule has 0 bridgehead atoms. The first kappa shape index (κ1) is 22.5. The van der Waals surface area contributed by atoms with E-state index in [-0.39, 0.29) is 29.0 Å². The van der Waals surface area contributed by atoms with Gasteiger partial charge >= 0.3 is 0 Å². The number of ether oxygens (including phenoxy) is 1. The van der Waals surface area contributed by atoms with E-state index in [9.17, 15) is 18.6 Å². The number of nitrogens with zero attached hydrogens (tertiary/aromatic N) is 3. The van der Waals surface area contributed by atoms with Crippen molar-refractivity contribution in [1.29, 1.82) is 0 Å². The lowest BCUT2D eigenvalue weighted by molar-refractivity contribution is 0.375. The molecule has 3 aromatic heterocycles. The highest BCUT2D eigenvalue weighted by molar-refractivity contribution is 7.91. The Labute approximate surface area is 201 Å². The van der Waals surface area contributed by atoms with Gasteiger partial charge in [-0.2, -0.15) is 0 Å². The van der Waals surface area contributed by atoms with Gasteiger partial charge in [-0.25, -0.2) is 13.4 Å². The average Bonchev–Trinajstić information content (AvgIpc) is 3.43. The lowest BCUT2D eigenvalue weighted by Crippen LogP contribution is -2.03. The van der Waals surface area contributed by atoms with Crippen molar-refractivity contribution in [2.45, 2.75) is 18.4 Å². The predicted molar refractivity (Wildman–Crippen MR) is 130 cm³/mol. The minimum atomic E-state index is -3.33. The van der Waals surface area contributed by atoms with E-state index in [0.29, 0.717) is 34.1 Å². The lowest BCUT2D eigenvalue weighted by Gasteiger charge is -2.14. The number of hydrogen-bond donors (Lipinski definition) is 3. The first-order valence-corrected chi connectivity index (χ1v) is 12.5. The molecule has 0 spiro atoms. The van der Waals surface area contributed by atoms with Gasteiger partial charge in [-0.05, 0) is 42.5 Å². The van der Waals surface area contributed by atoms with Crippen LogP contribution in [0, 0.1) is 0 Å². The molecule has 0 unspecified atom stereocenters. The summed E-state index contributed by atoms with van der Waals surface area (Å²) < 4.78 is 31.7. The smallest absolute Gasteiger partial charge is 0.194 e. The SMILES string of the molecule is CCS(=O)(=O)c1ccc(Oc2cc3nc(-c4ccccn4)[nH]c3cc2Cn2c(O)ccc2O)cc1. The molecule has 35 heavy (non-hydrogen) atoms. The summed E-state index contributed by atoms with van der Waals surface area (Å²) in [5.41, 5.74) is 2.70. The predicted octanol–water partition coefficient (Wildman–Crippen LogP) is 4.47. The lowest BCUT2D eigenvalue weighted by atomic mass is 10.1. The van der Waals surface area contributed by atoms with Crippen molar-refractivity contribution in [2.75, 3.05) is 5.75 Å². The number of benzene rings is 2. The maximum atomic E-state index is 12.1. The Morgan fingerprint density at radius 3 is 2.40 bits per heavy atom. The van der Waals surface area contributed by atoms with Crippen molar-refractivity contribution < 1.29 is 23.4 Å². The molecule has 5 rings (SSSR count). The van der Waals surface area contributed by atoms with Gasteiger partial charge in [-0.3, -0.25) is 9.55 Å². The molecule has 2 aromatic carbocycles. The number of rotatable bonds is 7. The molecule has 3 heterocycles. The number of fused-ring (bicyclic) bond motifs is 1. The van der Waals surface area contributed by atoms with Crippen molar-refractivity contribution in [3.05, 3.63) is 78.5 Å². The van der Waals surface area contributed by atoms with Gasteiger partial charge in [-0.1, -0.05) is 13.0 Å². The van der Waals surface area contributed by atoms with Crippen LogP contribution >= 0.6 is 0 Å². The van der Waals surface area contributed by atoms with Crippen LogP contribution in [0.3, 0.4) is 0 Å².